The van der Waals surface area contributed by atoms with Crippen molar-refractivity contribution in [1.29, 1.82) is 0 Å². The van der Waals surface area contributed by atoms with Crippen molar-refractivity contribution >= 4 is 11.8 Å². The van der Waals surface area contributed by atoms with Gasteiger partial charge in [0.05, 0.1) is 11.5 Å². The Labute approximate surface area is 193 Å². The minimum atomic E-state index is -0.337. The van der Waals surface area contributed by atoms with E-state index in [0.717, 1.165) is 23.1 Å². The van der Waals surface area contributed by atoms with Crippen molar-refractivity contribution in [1.82, 2.24) is 14.8 Å². The second-order valence-electron chi connectivity index (χ2n) is 8.44. The van der Waals surface area contributed by atoms with Crippen molar-refractivity contribution in [3.63, 3.8) is 0 Å². The molecule has 6 heteroatoms. The highest BCUT2D eigenvalue weighted by Crippen LogP contribution is 2.27. The fourth-order valence-electron chi connectivity index (χ4n) is 4.46. The zero-order chi connectivity index (χ0) is 23.2. The predicted octanol–water partition coefficient (Wildman–Crippen LogP) is 3.60. The smallest absolute Gasteiger partial charge is 0.255 e. The molecule has 2 amide bonds. The number of aromatic nitrogens is 1. The number of hydrogen-bond acceptors (Lipinski definition) is 3. The van der Waals surface area contributed by atoms with E-state index in [-0.39, 0.29) is 23.3 Å². The Morgan fingerprint density at radius 3 is 2.45 bits per heavy atom. The molecule has 0 spiro atoms. The van der Waals surface area contributed by atoms with Crippen molar-refractivity contribution < 1.29 is 9.59 Å². The maximum absolute atomic E-state index is 13.5. The number of pyridine rings is 1. The molecule has 1 aliphatic heterocycles. The average molecular weight is 444 g/mol. The molecule has 2 heterocycles. The first-order valence-electron chi connectivity index (χ1n) is 11.5. The van der Waals surface area contributed by atoms with Gasteiger partial charge in [-0.25, -0.2) is 0 Å². The van der Waals surface area contributed by atoms with Crippen molar-refractivity contribution in [3.05, 3.63) is 94.4 Å². The molecule has 33 heavy (non-hydrogen) atoms. The van der Waals surface area contributed by atoms with Gasteiger partial charge in [0.2, 0.25) is 11.5 Å². The average Bonchev–Trinajstić information content (AvgIpc) is 2.99. The number of carbonyl (C=O) groups is 2. The summed E-state index contributed by atoms with van der Waals surface area (Å²) in [5, 5.41) is 0. The van der Waals surface area contributed by atoms with Gasteiger partial charge in [0.25, 0.3) is 5.91 Å². The number of carbonyl (C=O) groups excluding carboxylic acids is 2. The highest BCUT2D eigenvalue weighted by atomic mass is 16.2. The van der Waals surface area contributed by atoms with Crippen LogP contribution < -0.4 is 5.56 Å². The molecule has 0 unspecified atom stereocenters. The number of amides is 2. The van der Waals surface area contributed by atoms with E-state index in [9.17, 15) is 14.4 Å². The van der Waals surface area contributed by atoms with E-state index in [1.807, 2.05) is 35.2 Å². The van der Waals surface area contributed by atoms with Crippen LogP contribution in [0, 0.1) is 5.92 Å². The fourth-order valence-corrected chi connectivity index (χ4v) is 4.46. The summed E-state index contributed by atoms with van der Waals surface area (Å²) in [4.78, 5) is 44.3. The van der Waals surface area contributed by atoms with Crippen LogP contribution in [0.5, 0.6) is 0 Å². The monoisotopic (exact) mass is 443 g/mol. The Morgan fingerprint density at radius 2 is 1.73 bits per heavy atom. The first kappa shape index (κ1) is 22.5. The SMILES string of the molecule is CCCN1CCN(C(=O)c2ccc(=O)[nH]c2)C[C@@H](Cc2ccccc2-c2ccccc2)C1=O. The first-order valence-corrected chi connectivity index (χ1v) is 11.5. The molecular formula is C27H29N3O3. The molecule has 1 aromatic heterocycles. The summed E-state index contributed by atoms with van der Waals surface area (Å²) < 4.78 is 0. The molecule has 170 valence electrons. The van der Waals surface area contributed by atoms with E-state index in [4.69, 9.17) is 0 Å². The minimum absolute atomic E-state index is 0.0940. The molecule has 6 nitrogen and oxygen atoms in total. The number of H-pyrrole nitrogens is 1. The fraction of sp³-hybridized carbons (Fsp3) is 0.296. The molecule has 1 aliphatic rings. The molecular weight excluding hydrogens is 414 g/mol. The topological polar surface area (TPSA) is 73.5 Å². The lowest BCUT2D eigenvalue weighted by Crippen LogP contribution is -2.38. The van der Waals surface area contributed by atoms with Crippen LogP contribution in [-0.2, 0) is 11.2 Å². The third kappa shape index (κ3) is 5.22. The van der Waals surface area contributed by atoms with Crippen molar-refractivity contribution in [2.24, 2.45) is 5.92 Å². The second kappa shape index (κ2) is 10.3. The quantitative estimate of drug-likeness (QED) is 0.633. The zero-order valence-electron chi connectivity index (χ0n) is 18.9. The maximum atomic E-state index is 13.5. The van der Waals surface area contributed by atoms with Crippen LogP contribution >= 0.6 is 0 Å². The van der Waals surface area contributed by atoms with Crippen LogP contribution in [0.1, 0.15) is 29.3 Å². The predicted molar refractivity (Wildman–Crippen MR) is 129 cm³/mol. The Hall–Kier alpha value is -3.67. The highest BCUT2D eigenvalue weighted by molar-refractivity contribution is 5.94. The number of nitrogens with zero attached hydrogens (tertiary/aromatic N) is 2. The van der Waals surface area contributed by atoms with Gasteiger partial charge in [0, 0.05) is 38.4 Å². The molecule has 4 rings (SSSR count). The summed E-state index contributed by atoms with van der Waals surface area (Å²) >= 11 is 0. The molecule has 0 saturated carbocycles. The van der Waals surface area contributed by atoms with Crippen LogP contribution in [0.4, 0.5) is 0 Å². The van der Waals surface area contributed by atoms with Crippen LogP contribution in [0.15, 0.2) is 77.7 Å². The zero-order valence-corrected chi connectivity index (χ0v) is 18.9. The molecule has 0 bridgehead atoms. The van der Waals surface area contributed by atoms with Crippen LogP contribution in [0.2, 0.25) is 0 Å². The van der Waals surface area contributed by atoms with Crippen molar-refractivity contribution in [2.75, 3.05) is 26.2 Å². The lowest BCUT2D eigenvalue weighted by Gasteiger charge is -2.24. The van der Waals surface area contributed by atoms with E-state index in [0.29, 0.717) is 38.2 Å². The molecule has 1 fully saturated rings. The highest BCUT2D eigenvalue weighted by Gasteiger charge is 2.32. The van der Waals surface area contributed by atoms with Gasteiger partial charge in [-0.15, -0.1) is 0 Å². The van der Waals surface area contributed by atoms with Gasteiger partial charge in [-0.3, -0.25) is 14.4 Å². The maximum Gasteiger partial charge on any atom is 0.255 e. The lowest BCUT2D eigenvalue weighted by molar-refractivity contribution is -0.134. The molecule has 3 aromatic rings. The van der Waals surface area contributed by atoms with Gasteiger partial charge in [-0.1, -0.05) is 61.5 Å². The number of benzene rings is 2. The summed E-state index contributed by atoms with van der Waals surface area (Å²) in [5.41, 5.74) is 3.49. The van der Waals surface area contributed by atoms with E-state index >= 15 is 0 Å². The second-order valence-corrected chi connectivity index (χ2v) is 8.44. The summed E-state index contributed by atoms with van der Waals surface area (Å²) in [7, 11) is 0. The van der Waals surface area contributed by atoms with Gasteiger partial charge in [0.15, 0.2) is 0 Å². The Balaban J connectivity index is 1.63. The molecule has 2 aromatic carbocycles. The van der Waals surface area contributed by atoms with Gasteiger partial charge < -0.3 is 14.8 Å². The molecule has 0 aliphatic carbocycles. The first-order chi connectivity index (χ1) is 16.1. The van der Waals surface area contributed by atoms with Crippen LogP contribution in [0.25, 0.3) is 11.1 Å². The van der Waals surface area contributed by atoms with Crippen LogP contribution in [0.3, 0.4) is 0 Å². The van der Waals surface area contributed by atoms with E-state index in [1.165, 1.54) is 18.3 Å². The third-order valence-electron chi connectivity index (χ3n) is 6.12. The largest absolute Gasteiger partial charge is 0.341 e. The Kier molecular flexibility index (Phi) is 7.03. The standard InChI is InChI=1S/C27H29N3O3/c1-2-14-29-15-16-30(26(32)22-12-13-25(31)28-18-22)19-23(27(29)33)17-21-10-6-7-11-24(21)20-8-4-3-5-9-20/h3-13,18,23H,2,14-17,19H2,1H3,(H,28,31)/t23-/m1/s1. The van der Waals surface area contributed by atoms with E-state index in [1.54, 1.807) is 4.90 Å². The molecule has 1 saturated heterocycles. The number of aromatic amines is 1. The van der Waals surface area contributed by atoms with E-state index < -0.39 is 0 Å². The number of nitrogens with one attached hydrogen (secondary N) is 1. The van der Waals surface area contributed by atoms with Crippen LogP contribution in [-0.4, -0.2) is 52.8 Å². The minimum Gasteiger partial charge on any atom is -0.341 e. The molecule has 0 radical (unpaired) electrons. The summed E-state index contributed by atoms with van der Waals surface area (Å²) in [6.45, 7) is 4.07. The molecule has 1 N–H and O–H groups in total. The Bertz CT molecular complexity index is 1150. The van der Waals surface area contributed by atoms with Crippen molar-refractivity contribution in [3.8, 4) is 11.1 Å². The van der Waals surface area contributed by atoms with Gasteiger partial charge >= 0.3 is 0 Å². The van der Waals surface area contributed by atoms with Gasteiger partial charge in [-0.2, -0.15) is 0 Å². The van der Waals surface area contributed by atoms with Crippen molar-refractivity contribution in [2.45, 2.75) is 19.8 Å². The molecule has 1 atom stereocenters. The lowest BCUT2D eigenvalue weighted by atomic mass is 9.91. The normalized spacial score (nSPS) is 16.5. The number of rotatable bonds is 6. The summed E-state index contributed by atoms with van der Waals surface area (Å²) in [5.74, 6) is -0.411. The number of hydrogen-bond donors (Lipinski definition) is 1. The Morgan fingerprint density at radius 1 is 0.970 bits per heavy atom. The van der Waals surface area contributed by atoms with Gasteiger partial charge in [0.1, 0.15) is 0 Å². The third-order valence-corrected chi connectivity index (χ3v) is 6.12. The van der Waals surface area contributed by atoms with E-state index in [2.05, 4.69) is 36.2 Å². The summed E-state index contributed by atoms with van der Waals surface area (Å²) in [6, 6.07) is 21.2. The summed E-state index contributed by atoms with van der Waals surface area (Å²) in [6.07, 6.45) is 2.87. The van der Waals surface area contributed by atoms with Gasteiger partial charge in [-0.05, 0) is 35.6 Å².